The van der Waals surface area contributed by atoms with Crippen LogP contribution in [0.5, 0.6) is 0 Å². The number of carbonyl (C=O) groups is 3. The summed E-state index contributed by atoms with van der Waals surface area (Å²) in [7, 11) is 0. The molecule has 3 aromatic rings. The first-order valence-corrected chi connectivity index (χ1v) is 8.40. The van der Waals surface area contributed by atoms with E-state index in [4.69, 9.17) is 9.47 Å². The van der Waals surface area contributed by atoms with Gasteiger partial charge in [-0.1, -0.05) is 0 Å². The van der Waals surface area contributed by atoms with Crippen LogP contribution in [0.15, 0.2) is 36.5 Å². The maximum Gasteiger partial charge on any atom is 0.378 e. The average molecular weight is 383 g/mol. The highest BCUT2D eigenvalue weighted by atomic mass is 16.5. The molecule has 3 rings (SSSR count). The van der Waals surface area contributed by atoms with Gasteiger partial charge in [0.2, 0.25) is 0 Å². The van der Waals surface area contributed by atoms with E-state index in [2.05, 4.69) is 20.4 Å². The highest BCUT2D eigenvalue weighted by Gasteiger charge is 2.17. The molecule has 0 atom stereocenters. The normalized spacial score (nSPS) is 10.5. The minimum absolute atomic E-state index is 0.187. The summed E-state index contributed by atoms with van der Waals surface area (Å²) >= 11 is 0. The molecule has 10 nitrogen and oxygen atoms in total. The number of anilines is 1. The molecule has 2 aromatic heterocycles. The number of carbonyl (C=O) groups excluding carboxylic acids is 3. The number of aryl methyl sites for hydroxylation is 1. The number of hydrogen-bond acceptors (Lipinski definition) is 8. The van der Waals surface area contributed by atoms with Gasteiger partial charge in [-0.05, 0) is 44.2 Å². The molecule has 0 saturated heterocycles. The van der Waals surface area contributed by atoms with Crippen molar-refractivity contribution in [2.75, 3.05) is 18.5 Å². The highest BCUT2D eigenvalue weighted by Crippen LogP contribution is 2.11. The molecular formula is C18H17N5O5. The van der Waals surface area contributed by atoms with E-state index in [0.29, 0.717) is 11.3 Å². The zero-order valence-corrected chi connectivity index (χ0v) is 15.2. The summed E-state index contributed by atoms with van der Waals surface area (Å²) in [6.45, 7) is 3.27. The van der Waals surface area contributed by atoms with Gasteiger partial charge in [0.25, 0.3) is 17.5 Å². The van der Waals surface area contributed by atoms with E-state index in [1.54, 1.807) is 38.2 Å². The molecular weight excluding hydrogens is 366 g/mol. The number of hydrogen-bond donors (Lipinski definition) is 1. The molecule has 0 spiro atoms. The SMILES string of the molecule is CCOC(=O)c1ccc(NC(=O)COC(=O)c2nc3nccc(C)n3n2)cc1. The quantitative estimate of drug-likeness (QED) is 0.633. The van der Waals surface area contributed by atoms with E-state index >= 15 is 0 Å². The molecule has 0 aliphatic heterocycles. The first-order chi connectivity index (χ1) is 13.5. The Balaban J connectivity index is 1.55. The fraction of sp³-hybridized carbons (Fsp3) is 0.222. The van der Waals surface area contributed by atoms with Crippen molar-refractivity contribution < 1.29 is 23.9 Å². The topological polar surface area (TPSA) is 125 Å². The Kier molecular flexibility index (Phi) is 5.58. The van der Waals surface area contributed by atoms with Crippen molar-refractivity contribution in [1.29, 1.82) is 0 Å². The minimum Gasteiger partial charge on any atom is -0.462 e. The number of nitrogens with zero attached hydrogens (tertiary/aromatic N) is 4. The van der Waals surface area contributed by atoms with E-state index in [-0.39, 0.29) is 18.2 Å². The summed E-state index contributed by atoms with van der Waals surface area (Å²) in [4.78, 5) is 43.6. The first kappa shape index (κ1) is 19.0. The third-order valence-electron chi connectivity index (χ3n) is 3.63. The molecule has 0 aliphatic rings. The van der Waals surface area contributed by atoms with Gasteiger partial charge in [-0.2, -0.15) is 4.98 Å². The van der Waals surface area contributed by atoms with Crippen LogP contribution in [0.4, 0.5) is 5.69 Å². The van der Waals surface area contributed by atoms with Crippen LogP contribution >= 0.6 is 0 Å². The third kappa shape index (κ3) is 4.29. The lowest BCUT2D eigenvalue weighted by Gasteiger charge is -2.06. The fourth-order valence-electron chi connectivity index (χ4n) is 2.29. The summed E-state index contributed by atoms with van der Waals surface area (Å²) < 4.78 is 11.2. The Morgan fingerprint density at radius 2 is 1.82 bits per heavy atom. The Morgan fingerprint density at radius 3 is 2.50 bits per heavy atom. The van der Waals surface area contributed by atoms with Crippen molar-refractivity contribution in [2.24, 2.45) is 0 Å². The Hall–Kier alpha value is -3.82. The van der Waals surface area contributed by atoms with Gasteiger partial charge >= 0.3 is 11.9 Å². The van der Waals surface area contributed by atoms with Crippen molar-refractivity contribution in [3.05, 3.63) is 53.6 Å². The van der Waals surface area contributed by atoms with Gasteiger partial charge in [-0.3, -0.25) is 4.79 Å². The van der Waals surface area contributed by atoms with Crippen molar-refractivity contribution in [3.63, 3.8) is 0 Å². The first-order valence-electron chi connectivity index (χ1n) is 8.40. The van der Waals surface area contributed by atoms with Crippen LogP contribution in [0.25, 0.3) is 5.78 Å². The van der Waals surface area contributed by atoms with Gasteiger partial charge in [-0.15, -0.1) is 5.10 Å². The molecule has 144 valence electrons. The van der Waals surface area contributed by atoms with Crippen LogP contribution in [0.2, 0.25) is 0 Å². The Labute approximate surface area is 159 Å². The molecule has 0 unspecified atom stereocenters. The van der Waals surface area contributed by atoms with Crippen molar-refractivity contribution in [1.82, 2.24) is 19.6 Å². The van der Waals surface area contributed by atoms with Crippen LogP contribution in [0, 0.1) is 6.92 Å². The van der Waals surface area contributed by atoms with Crippen LogP contribution in [-0.4, -0.2) is 50.6 Å². The van der Waals surface area contributed by atoms with Crippen LogP contribution in [0.3, 0.4) is 0 Å². The lowest BCUT2D eigenvalue weighted by molar-refractivity contribution is -0.119. The predicted octanol–water partition coefficient (Wildman–Crippen LogP) is 1.40. The van der Waals surface area contributed by atoms with E-state index < -0.39 is 24.5 Å². The van der Waals surface area contributed by atoms with Crippen LogP contribution < -0.4 is 5.32 Å². The lowest BCUT2D eigenvalue weighted by atomic mass is 10.2. The molecule has 0 aliphatic carbocycles. The number of rotatable bonds is 6. The molecule has 0 radical (unpaired) electrons. The summed E-state index contributed by atoms with van der Waals surface area (Å²) in [6, 6.07) is 7.86. The summed E-state index contributed by atoms with van der Waals surface area (Å²) in [6.07, 6.45) is 1.55. The third-order valence-corrected chi connectivity index (χ3v) is 3.63. The van der Waals surface area contributed by atoms with Crippen molar-refractivity contribution in [3.8, 4) is 0 Å². The van der Waals surface area contributed by atoms with Gasteiger partial charge in [0, 0.05) is 17.6 Å². The van der Waals surface area contributed by atoms with Gasteiger partial charge in [0.1, 0.15) is 0 Å². The zero-order chi connectivity index (χ0) is 20.1. The molecule has 2 heterocycles. The maximum absolute atomic E-state index is 12.0. The van der Waals surface area contributed by atoms with E-state index in [1.165, 1.54) is 16.6 Å². The zero-order valence-electron chi connectivity index (χ0n) is 15.2. The van der Waals surface area contributed by atoms with Gasteiger partial charge in [0.15, 0.2) is 6.61 Å². The Bertz CT molecular complexity index is 1030. The predicted molar refractivity (Wildman–Crippen MR) is 96.8 cm³/mol. The lowest BCUT2D eigenvalue weighted by Crippen LogP contribution is -2.21. The van der Waals surface area contributed by atoms with E-state index in [1.807, 2.05) is 0 Å². The summed E-state index contributed by atoms with van der Waals surface area (Å²) in [5, 5.41) is 6.56. The fourth-order valence-corrected chi connectivity index (χ4v) is 2.29. The summed E-state index contributed by atoms with van der Waals surface area (Å²) in [5.41, 5.74) is 1.56. The van der Waals surface area contributed by atoms with Gasteiger partial charge in [0.05, 0.1) is 12.2 Å². The summed E-state index contributed by atoms with van der Waals surface area (Å²) in [5.74, 6) is -1.75. The molecule has 10 heteroatoms. The number of benzene rings is 1. The van der Waals surface area contributed by atoms with Crippen LogP contribution in [-0.2, 0) is 14.3 Å². The smallest absolute Gasteiger partial charge is 0.378 e. The molecule has 28 heavy (non-hydrogen) atoms. The second kappa shape index (κ2) is 8.25. The maximum atomic E-state index is 12.0. The number of nitrogens with one attached hydrogen (secondary N) is 1. The van der Waals surface area contributed by atoms with Crippen molar-refractivity contribution >= 4 is 29.3 Å². The van der Waals surface area contributed by atoms with Gasteiger partial charge in [-0.25, -0.2) is 19.1 Å². The largest absolute Gasteiger partial charge is 0.462 e. The van der Waals surface area contributed by atoms with Gasteiger partial charge < -0.3 is 14.8 Å². The monoisotopic (exact) mass is 383 g/mol. The number of ether oxygens (including phenoxy) is 2. The standard InChI is InChI=1S/C18H17N5O5/c1-3-27-16(25)12-4-6-13(7-5-12)20-14(24)10-28-17(26)15-21-18-19-9-8-11(2)23(18)22-15/h4-9H,3,10H2,1-2H3,(H,20,24). The number of esters is 2. The number of aromatic nitrogens is 4. The molecule has 0 bridgehead atoms. The second-order valence-corrected chi connectivity index (χ2v) is 5.66. The molecule has 1 N–H and O–H groups in total. The van der Waals surface area contributed by atoms with E-state index in [9.17, 15) is 14.4 Å². The number of amides is 1. The average Bonchev–Trinajstić information content (AvgIpc) is 3.13. The second-order valence-electron chi connectivity index (χ2n) is 5.66. The Morgan fingerprint density at radius 1 is 1.07 bits per heavy atom. The minimum atomic E-state index is -0.835. The molecule has 1 aromatic carbocycles. The van der Waals surface area contributed by atoms with E-state index in [0.717, 1.165) is 5.69 Å². The highest BCUT2D eigenvalue weighted by molar-refractivity contribution is 5.95. The molecule has 0 saturated carbocycles. The van der Waals surface area contributed by atoms with Crippen LogP contribution in [0.1, 0.15) is 33.6 Å². The molecule has 0 fully saturated rings. The van der Waals surface area contributed by atoms with Crippen molar-refractivity contribution in [2.45, 2.75) is 13.8 Å². The molecule has 1 amide bonds. The number of fused-ring (bicyclic) bond motifs is 1.